The van der Waals surface area contributed by atoms with Gasteiger partial charge in [0, 0.05) is 38.5 Å². The molecule has 11 aromatic rings. The molecule has 8 aromatic carbocycles. The van der Waals surface area contributed by atoms with E-state index in [1.54, 1.807) is 0 Å². The number of hydrogen-bond donors (Lipinski definition) is 0. The summed E-state index contributed by atoms with van der Waals surface area (Å²) in [5, 5.41) is 4.49. The Balaban J connectivity index is 1.08. The highest BCUT2D eigenvalue weighted by Gasteiger charge is 2.20. The first-order valence-corrected chi connectivity index (χ1v) is 18.8. The fourth-order valence-electron chi connectivity index (χ4n) is 7.98. The Morgan fingerprint density at radius 1 is 0.339 bits per heavy atom. The first-order valence-electron chi connectivity index (χ1n) is 18.8. The first kappa shape index (κ1) is 31.9. The number of furan rings is 1. The van der Waals surface area contributed by atoms with Gasteiger partial charge in [0.2, 0.25) is 0 Å². The number of hydrogen-bond acceptors (Lipinski definition) is 4. The van der Waals surface area contributed by atoms with E-state index in [-0.39, 0.29) is 0 Å². The van der Waals surface area contributed by atoms with Gasteiger partial charge in [0.05, 0.1) is 16.4 Å². The molecule has 0 aliphatic heterocycles. The van der Waals surface area contributed by atoms with E-state index in [0.717, 1.165) is 66.5 Å². The van der Waals surface area contributed by atoms with Gasteiger partial charge in [-0.3, -0.25) is 0 Å². The fourth-order valence-corrected chi connectivity index (χ4v) is 7.98. The molecule has 0 saturated heterocycles. The summed E-state index contributed by atoms with van der Waals surface area (Å²) in [6.45, 7) is 0. The van der Waals surface area contributed by atoms with Crippen LogP contribution in [-0.2, 0) is 0 Å². The summed E-state index contributed by atoms with van der Waals surface area (Å²) in [7, 11) is 0. The molecule has 0 spiro atoms. The van der Waals surface area contributed by atoms with Crippen LogP contribution in [-0.4, -0.2) is 19.5 Å². The third-order valence-electron chi connectivity index (χ3n) is 10.7. The second-order valence-corrected chi connectivity index (χ2v) is 14.0. The molecule has 0 N–H and O–H groups in total. The molecule has 262 valence electrons. The van der Waals surface area contributed by atoms with Crippen molar-refractivity contribution in [3.8, 4) is 62.1 Å². The number of rotatable bonds is 6. The van der Waals surface area contributed by atoms with E-state index in [0.29, 0.717) is 17.5 Å². The van der Waals surface area contributed by atoms with Crippen LogP contribution in [0, 0.1) is 0 Å². The zero-order valence-corrected chi connectivity index (χ0v) is 30.2. The van der Waals surface area contributed by atoms with Crippen molar-refractivity contribution < 1.29 is 4.42 Å². The minimum absolute atomic E-state index is 0.582. The van der Waals surface area contributed by atoms with E-state index in [2.05, 4.69) is 162 Å². The molecular weight excluding hydrogens is 685 g/mol. The van der Waals surface area contributed by atoms with E-state index >= 15 is 0 Å². The van der Waals surface area contributed by atoms with Crippen molar-refractivity contribution >= 4 is 43.7 Å². The fraction of sp³-hybridized carbons (Fsp3) is 0. The van der Waals surface area contributed by atoms with E-state index in [4.69, 9.17) is 19.4 Å². The van der Waals surface area contributed by atoms with Crippen molar-refractivity contribution in [3.05, 3.63) is 194 Å². The Bertz CT molecular complexity index is 3220. The lowest BCUT2D eigenvalue weighted by Gasteiger charge is -2.10. The highest BCUT2D eigenvalue weighted by molar-refractivity contribution is 6.24. The molecule has 5 heteroatoms. The molecule has 0 fully saturated rings. The smallest absolute Gasteiger partial charge is 0.164 e. The van der Waals surface area contributed by atoms with Gasteiger partial charge in [-0.15, -0.1) is 0 Å². The normalized spacial score (nSPS) is 11.6. The number of para-hydroxylation sites is 1. The van der Waals surface area contributed by atoms with Gasteiger partial charge in [0.1, 0.15) is 11.2 Å². The van der Waals surface area contributed by atoms with Crippen LogP contribution in [0.1, 0.15) is 0 Å². The largest absolute Gasteiger partial charge is 0.456 e. The van der Waals surface area contributed by atoms with Gasteiger partial charge in [-0.1, -0.05) is 146 Å². The van der Waals surface area contributed by atoms with Gasteiger partial charge < -0.3 is 8.98 Å². The predicted octanol–water partition coefficient (Wildman–Crippen LogP) is 13.2. The van der Waals surface area contributed by atoms with Gasteiger partial charge in [-0.05, 0) is 70.8 Å². The van der Waals surface area contributed by atoms with Gasteiger partial charge in [-0.25, -0.2) is 15.0 Å². The molecule has 0 saturated carbocycles. The van der Waals surface area contributed by atoms with Crippen LogP contribution in [0.4, 0.5) is 0 Å². The highest BCUT2D eigenvalue weighted by atomic mass is 16.3. The molecule has 56 heavy (non-hydrogen) atoms. The third-order valence-corrected chi connectivity index (χ3v) is 10.7. The monoisotopic (exact) mass is 716 g/mol. The number of aromatic nitrogens is 4. The van der Waals surface area contributed by atoms with Gasteiger partial charge >= 0.3 is 0 Å². The van der Waals surface area contributed by atoms with Crippen LogP contribution < -0.4 is 0 Å². The van der Waals surface area contributed by atoms with Crippen molar-refractivity contribution in [1.82, 2.24) is 19.5 Å². The number of nitrogens with zero attached hydrogens (tertiary/aromatic N) is 4. The lowest BCUT2D eigenvalue weighted by molar-refractivity contribution is 0.669. The predicted molar refractivity (Wildman–Crippen MR) is 229 cm³/mol. The lowest BCUT2D eigenvalue weighted by atomic mass is 10.0. The zero-order chi connectivity index (χ0) is 37.0. The summed E-state index contributed by atoms with van der Waals surface area (Å²) in [4.78, 5) is 15.1. The van der Waals surface area contributed by atoms with Crippen molar-refractivity contribution in [3.63, 3.8) is 0 Å². The first-order chi connectivity index (χ1) is 27.7. The maximum Gasteiger partial charge on any atom is 0.164 e. The molecule has 3 aromatic heterocycles. The average Bonchev–Trinajstić information content (AvgIpc) is 3.82. The molecule has 0 bridgehead atoms. The SMILES string of the molecule is c1ccc(-c2ccc(-n3c4ccccc4c4ccc5oc6cc(-c7nc(-c8ccccc8)nc(-c8cccc(-c9ccccc9)c8)n7)ccc6c5c43)cc2)cc1. The standard InChI is InChI=1S/C51H32N4O/c1-4-13-33(14-5-1)35-23-26-40(27-24-35)55-44-22-11-10-21-41(44)42-29-30-45-47(48(42)55)43-28-25-39(32-46(43)56-45)51-53-49(36-17-8-3-9-18-36)52-50(54-51)38-20-12-19-37(31-38)34-15-6-2-7-16-34/h1-32H. The Morgan fingerprint density at radius 2 is 0.857 bits per heavy atom. The summed E-state index contributed by atoms with van der Waals surface area (Å²) >= 11 is 0. The van der Waals surface area contributed by atoms with E-state index in [1.165, 1.54) is 21.9 Å². The van der Waals surface area contributed by atoms with E-state index in [9.17, 15) is 0 Å². The van der Waals surface area contributed by atoms with Crippen LogP contribution >= 0.6 is 0 Å². The molecule has 5 nitrogen and oxygen atoms in total. The zero-order valence-electron chi connectivity index (χ0n) is 30.2. The number of benzene rings is 8. The molecule has 11 rings (SSSR count). The Labute approximate surface area is 322 Å². The molecule has 0 atom stereocenters. The van der Waals surface area contributed by atoms with Gasteiger partial charge in [-0.2, -0.15) is 0 Å². The van der Waals surface area contributed by atoms with Crippen molar-refractivity contribution in [2.45, 2.75) is 0 Å². The Morgan fingerprint density at radius 3 is 1.57 bits per heavy atom. The molecule has 0 aliphatic rings. The minimum atomic E-state index is 0.582. The molecule has 0 aliphatic carbocycles. The van der Waals surface area contributed by atoms with Crippen molar-refractivity contribution in [1.29, 1.82) is 0 Å². The van der Waals surface area contributed by atoms with Gasteiger partial charge in [0.15, 0.2) is 17.5 Å². The Hall–Kier alpha value is -7.63. The Kier molecular flexibility index (Phi) is 7.42. The van der Waals surface area contributed by atoms with Crippen LogP contribution in [0.25, 0.3) is 106 Å². The molecule has 0 unspecified atom stereocenters. The average molecular weight is 717 g/mol. The summed E-state index contributed by atoms with van der Waals surface area (Å²) in [5.74, 6) is 1.81. The second kappa shape index (κ2) is 13.0. The third kappa shape index (κ3) is 5.37. The maximum absolute atomic E-state index is 6.70. The molecule has 0 amide bonds. The van der Waals surface area contributed by atoms with Crippen LogP contribution in [0.15, 0.2) is 199 Å². The summed E-state index contributed by atoms with van der Waals surface area (Å²) < 4.78 is 9.07. The summed E-state index contributed by atoms with van der Waals surface area (Å²) in [5.41, 5.74) is 12.3. The van der Waals surface area contributed by atoms with Crippen LogP contribution in [0.5, 0.6) is 0 Å². The maximum atomic E-state index is 6.70. The highest BCUT2D eigenvalue weighted by Crippen LogP contribution is 2.42. The van der Waals surface area contributed by atoms with Crippen molar-refractivity contribution in [2.24, 2.45) is 0 Å². The minimum Gasteiger partial charge on any atom is -0.456 e. The molecule has 3 heterocycles. The topological polar surface area (TPSA) is 56.7 Å². The van der Waals surface area contributed by atoms with Crippen molar-refractivity contribution in [2.75, 3.05) is 0 Å². The lowest BCUT2D eigenvalue weighted by Crippen LogP contribution is -2.00. The quantitative estimate of drug-likeness (QED) is 0.172. The van der Waals surface area contributed by atoms with Gasteiger partial charge in [0.25, 0.3) is 0 Å². The summed E-state index contributed by atoms with van der Waals surface area (Å²) in [6.07, 6.45) is 0. The van der Waals surface area contributed by atoms with E-state index < -0.39 is 0 Å². The molecular formula is C51H32N4O. The molecule has 0 radical (unpaired) electrons. The van der Waals surface area contributed by atoms with E-state index in [1.807, 2.05) is 36.4 Å². The van der Waals surface area contributed by atoms with Crippen LogP contribution in [0.3, 0.4) is 0 Å². The number of fused-ring (bicyclic) bond motifs is 7. The van der Waals surface area contributed by atoms with Crippen LogP contribution in [0.2, 0.25) is 0 Å². The summed E-state index contributed by atoms with van der Waals surface area (Å²) in [6, 6.07) is 67.4. The second-order valence-electron chi connectivity index (χ2n) is 14.0.